The number of rotatable bonds is 8. The van der Waals surface area contributed by atoms with Gasteiger partial charge in [0.2, 0.25) is 11.2 Å². The normalized spacial score (nSPS) is 10.4. The fourth-order valence-electron chi connectivity index (χ4n) is 4.80. The maximum Gasteiger partial charge on any atom is 0.229 e. The molecule has 14 heteroatoms. The van der Waals surface area contributed by atoms with Gasteiger partial charge in [-0.05, 0) is 66.6 Å². The second-order valence-corrected chi connectivity index (χ2v) is 11.6. The first kappa shape index (κ1) is 35.8. The minimum atomic E-state index is 0. The van der Waals surface area contributed by atoms with Gasteiger partial charge in [-0.25, -0.2) is 19.3 Å². The number of hydrogen-bond donors (Lipinski definition) is 1. The lowest BCUT2D eigenvalue weighted by molar-refractivity contribution is 0.353. The SMILES string of the molecule is C.COc1cc(Nc2nccc(-n3ccc(-c4ccc(Cl)cc4)n3)n2)cc(C)c1OC.Clc1ccc(-c2ccn(-c3ccnc(Cl)n3)n2)cc1. The summed E-state index contributed by atoms with van der Waals surface area (Å²) >= 11 is 17.6. The highest BCUT2D eigenvalue weighted by molar-refractivity contribution is 6.31. The minimum Gasteiger partial charge on any atom is -0.493 e. The Kier molecular flexibility index (Phi) is 11.7. The number of aromatic nitrogens is 8. The molecule has 3 aromatic carbocycles. The van der Waals surface area contributed by atoms with Crippen LogP contribution in [0.4, 0.5) is 11.6 Å². The van der Waals surface area contributed by atoms with Crippen molar-refractivity contribution in [3.05, 3.63) is 131 Å². The quantitative estimate of drug-likeness (QED) is 0.153. The number of nitrogens with one attached hydrogen (secondary N) is 1. The van der Waals surface area contributed by atoms with Crippen LogP contribution in [0.1, 0.15) is 13.0 Å². The van der Waals surface area contributed by atoms with Crippen molar-refractivity contribution in [2.75, 3.05) is 19.5 Å². The fraction of sp³-hybridized carbons (Fsp3) is 0.111. The molecule has 4 heterocycles. The molecule has 254 valence electrons. The maximum atomic E-state index is 5.97. The summed E-state index contributed by atoms with van der Waals surface area (Å²) in [5.41, 5.74) is 5.37. The van der Waals surface area contributed by atoms with Crippen molar-refractivity contribution in [2.45, 2.75) is 14.4 Å². The predicted octanol–water partition coefficient (Wildman–Crippen LogP) is 9.32. The van der Waals surface area contributed by atoms with Gasteiger partial charge in [-0.3, -0.25) is 0 Å². The van der Waals surface area contributed by atoms with Crippen LogP contribution in [-0.2, 0) is 0 Å². The van der Waals surface area contributed by atoms with E-state index in [-0.39, 0.29) is 12.7 Å². The maximum absolute atomic E-state index is 5.97. The summed E-state index contributed by atoms with van der Waals surface area (Å²) in [6, 6.07) is 26.2. The number of halogens is 3. The number of methoxy groups -OCH3 is 2. The Labute approximate surface area is 304 Å². The minimum absolute atomic E-state index is 0. The van der Waals surface area contributed by atoms with Crippen molar-refractivity contribution in [3.63, 3.8) is 0 Å². The zero-order chi connectivity index (χ0) is 34.3. The molecule has 11 nitrogen and oxygen atoms in total. The van der Waals surface area contributed by atoms with E-state index in [0.29, 0.717) is 39.1 Å². The summed E-state index contributed by atoms with van der Waals surface area (Å²) in [5, 5.41) is 13.9. The molecule has 0 saturated heterocycles. The number of aryl methyl sites for hydroxylation is 1. The molecule has 0 aliphatic heterocycles. The van der Waals surface area contributed by atoms with Gasteiger partial charge >= 0.3 is 0 Å². The molecule has 7 aromatic rings. The van der Waals surface area contributed by atoms with Gasteiger partial charge in [0.1, 0.15) is 0 Å². The van der Waals surface area contributed by atoms with Gasteiger partial charge < -0.3 is 14.8 Å². The van der Waals surface area contributed by atoms with Crippen LogP contribution in [0, 0.1) is 6.92 Å². The average Bonchev–Trinajstić information content (AvgIpc) is 3.81. The summed E-state index contributed by atoms with van der Waals surface area (Å²) in [6.07, 6.45) is 6.95. The third-order valence-electron chi connectivity index (χ3n) is 7.10. The van der Waals surface area contributed by atoms with Crippen molar-refractivity contribution < 1.29 is 9.47 Å². The van der Waals surface area contributed by atoms with Crippen molar-refractivity contribution in [1.82, 2.24) is 39.5 Å². The van der Waals surface area contributed by atoms with Gasteiger partial charge in [-0.1, -0.05) is 54.9 Å². The lowest BCUT2D eigenvalue weighted by Gasteiger charge is -2.13. The van der Waals surface area contributed by atoms with E-state index in [1.165, 1.54) is 0 Å². The standard InChI is InChI=1S/C22H20ClN5O2.C13H8Cl2N4.CH4/c1-14-12-17(13-19(29-2)21(14)30-3)25-22-24-10-8-20(26-22)28-11-9-18(27-28)15-4-6-16(23)7-5-15;14-10-3-1-9(2-4-10)11-6-8-19(18-11)12-5-7-16-13(15)17-12;/h4-13H,1-3H3,(H,24,25,26);1-8H;1H4. The van der Waals surface area contributed by atoms with Gasteiger partial charge in [0.25, 0.3) is 0 Å². The first-order valence-corrected chi connectivity index (χ1v) is 15.9. The Morgan fingerprint density at radius 2 is 1.18 bits per heavy atom. The number of benzene rings is 3. The second kappa shape index (κ2) is 16.3. The molecule has 0 aliphatic rings. The van der Waals surface area contributed by atoms with Crippen LogP contribution >= 0.6 is 34.8 Å². The molecule has 0 bridgehead atoms. The Balaban J connectivity index is 0.000000209. The van der Waals surface area contributed by atoms with E-state index in [0.717, 1.165) is 33.8 Å². The molecule has 50 heavy (non-hydrogen) atoms. The van der Waals surface area contributed by atoms with Crippen LogP contribution < -0.4 is 14.8 Å². The summed E-state index contributed by atoms with van der Waals surface area (Å²) in [7, 11) is 3.22. The third kappa shape index (κ3) is 8.56. The molecule has 0 amide bonds. The van der Waals surface area contributed by atoms with Crippen LogP contribution in [-0.4, -0.2) is 53.7 Å². The topological polar surface area (TPSA) is 118 Å². The smallest absolute Gasteiger partial charge is 0.229 e. The highest BCUT2D eigenvalue weighted by Gasteiger charge is 2.12. The summed E-state index contributed by atoms with van der Waals surface area (Å²) in [4.78, 5) is 16.8. The molecular weight excluding hydrogens is 697 g/mol. The van der Waals surface area contributed by atoms with Crippen LogP contribution in [0.3, 0.4) is 0 Å². The molecule has 0 radical (unpaired) electrons. The van der Waals surface area contributed by atoms with Gasteiger partial charge in [-0.2, -0.15) is 20.2 Å². The number of nitrogens with zero attached hydrogens (tertiary/aromatic N) is 8. The molecule has 0 atom stereocenters. The van der Waals surface area contributed by atoms with Gasteiger partial charge in [0.15, 0.2) is 23.1 Å². The lowest BCUT2D eigenvalue weighted by Crippen LogP contribution is -2.04. The van der Waals surface area contributed by atoms with Crippen LogP contribution in [0.5, 0.6) is 11.5 Å². The first-order chi connectivity index (χ1) is 23.8. The van der Waals surface area contributed by atoms with Crippen LogP contribution in [0.2, 0.25) is 15.3 Å². The van der Waals surface area contributed by atoms with Crippen molar-refractivity contribution in [1.29, 1.82) is 0 Å². The molecular formula is C36H32Cl3N9O2. The average molecular weight is 729 g/mol. The van der Waals surface area contributed by atoms with E-state index in [1.54, 1.807) is 48.1 Å². The second-order valence-electron chi connectivity index (χ2n) is 10.4. The molecule has 1 N–H and O–H groups in total. The van der Waals surface area contributed by atoms with E-state index in [4.69, 9.17) is 44.3 Å². The number of ether oxygens (including phenoxy) is 2. The van der Waals surface area contributed by atoms with E-state index in [2.05, 4.69) is 35.5 Å². The fourth-order valence-corrected chi connectivity index (χ4v) is 5.19. The Morgan fingerprint density at radius 3 is 1.70 bits per heavy atom. The van der Waals surface area contributed by atoms with Crippen molar-refractivity contribution >= 4 is 46.4 Å². The zero-order valence-corrected chi connectivity index (χ0v) is 28.7. The summed E-state index contributed by atoms with van der Waals surface area (Å²) in [5.74, 6) is 3.05. The molecule has 7 rings (SSSR count). The number of anilines is 2. The predicted molar refractivity (Wildman–Crippen MR) is 199 cm³/mol. The number of hydrogen-bond acceptors (Lipinski definition) is 9. The lowest BCUT2D eigenvalue weighted by atomic mass is 10.2. The van der Waals surface area contributed by atoms with Crippen molar-refractivity contribution in [3.8, 4) is 45.6 Å². The van der Waals surface area contributed by atoms with Gasteiger partial charge in [-0.15, -0.1) is 0 Å². The van der Waals surface area contributed by atoms with Crippen LogP contribution in [0.25, 0.3) is 34.2 Å². The van der Waals surface area contributed by atoms with Gasteiger partial charge in [0.05, 0.1) is 25.6 Å². The summed E-state index contributed by atoms with van der Waals surface area (Å²) in [6.45, 7) is 1.95. The van der Waals surface area contributed by atoms with E-state index in [9.17, 15) is 0 Å². The monoisotopic (exact) mass is 727 g/mol. The third-order valence-corrected chi connectivity index (χ3v) is 7.79. The Bertz CT molecular complexity index is 2190. The highest BCUT2D eigenvalue weighted by atomic mass is 35.5. The van der Waals surface area contributed by atoms with Crippen LogP contribution in [0.15, 0.2) is 110 Å². The van der Waals surface area contributed by atoms with E-state index < -0.39 is 0 Å². The van der Waals surface area contributed by atoms with Gasteiger partial charge in [0, 0.05) is 69.8 Å². The Hall–Kier alpha value is -5.49. The van der Waals surface area contributed by atoms with E-state index >= 15 is 0 Å². The summed E-state index contributed by atoms with van der Waals surface area (Å²) < 4.78 is 14.2. The zero-order valence-electron chi connectivity index (χ0n) is 26.4. The molecule has 0 aliphatic carbocycles. The first-order valence-electron chi connectivity index (χ1n) is 14.7. The molecule has 0 unspecified atom stereocenters. The highest BCUT2D eigenvalue weighted by Crippen LogP contribution is 2.34. The van der Waals surface area contributed by atoms with Crippen molar-refractivity contribution in [2.24, 2.45) is 0 Å². The largest absolute Gasteiger partial charge is 0.493 e. The molecule has 0 spiro atoms. The Morgan fingerprint density at radius 1 is 0.640 bits per heavy atom. The molecule has 0 fully saturated rings. The van der Waals surface area contributed by atoms with E-state index in [1.807, 2.05) is 92.1 Å². The molecule has 0 saturated carbocycles. The molecule has 4 aromatic heterocycles.